The number of likely N-dealkylation sites (N-methyl/N-ethyl adjacent to an activating group) is 1. The second-order valence-corrected chi connectivity index (χ2v) is 4.71. The third kappa shape index (κ3) is 3.36. The number of carbonyl (C=O) groups is 1. The van der Waals surface area contributed by atoms with E-state index in [-0.39, 0.29) is 11.4 Å². The number of carboxylic acids is 1. The van der Waals surface area contributed by atoms with Gasteiger partial charge in [-0.05, 0) is 7.05 Å². The molecule has 110 valence electrons. The van der Waals surface area contributed by atoms with Crippen molar-refractivity contribution in [1.29, 1.82) is 0 Å². The van der Waals surface area contributed by atoms with Crippen LogP contribution in [0.25, 0.3) is 0 Å². The molecule has 5 nitrogen and oxygen atoms in total. The van der Waals surface area contributed by atoms with Crippen molar-refractivity contribution >= 4 is 11.7 Å². The standard InChI is InChI=1S/C13H16F2N2O3/c1-16-2-4-17(5-3-16)11-7-12(20-8-13(18)19)10(15)6-9(11)14/h6-7H,2-5,8H2,1H3,(H,18,19). The summed E-state index contributed by atoms with van der Waals surface area (Å²) in [6.45, 7) is 2.14. The Kier molecular flexibility index (Phi) is 4.39. The summed E-state index contributed by atoms with van der Waals surface area (Å²) in [6.07, 6.45) is 0. The average molecular weight is 286 g/mol. The minimum absolute atomic E-state index is 0.236. The molecule has 0 spiro atoms. The van der Waals surface area contributed by atoms with E-state index < -0.39 is 24.2 Å². The Balaban J connectivity index is 2.19. The Labute approximate surface area is 115 Å². The van der Waals surface area contributed by atoms with Crippen molar-refractivity contribution in [2.45, 2.75) is 0 Å². The zero-order valence-electron chi connectivity index (χ0n) is 11.1. The molecule has 0 aliphatic carbocycles. The zero-order chi connectivity index (χ0) is 14.7. The summed E-state index contributed by atoms with van der Waals surface area (Å²) in [4.78, 5) is 14.3. The summed E-state index contributed by atoms with van der Waals surface area (Å²) in [5.41, 5.74) is 0.236. The van der Waals surface area contributed by atoms with E-state index in [9.17, 15) is 13.6 Å². The van der Waals surface area contributed by atoms with Crippen molar-refractivity contribution in [2.24, 2.45) is 0 Å². The fourth-order valence-corrected chi connectivity index (χ4v) is 2.06. The molecule has 1 N–H and O–H groups in total. The van der Waals surface area contributed by atoms with Crippen molar-refractivity contribution in [3.8, 4) is 5.75 Å². The van der Waals surface area contributed by atoms with Crippen LogP contribution >= 0.6 is 0 Å². The molecule has 1 fully saturated rings. The maximum absolute atomic E-state index is 13.8. The van der Waals surface area contributed by atoms with Crippen LogP contribution in [-0.4, -0.2) is 55.8 Å². The minimum Gasteiger partial charge on any atom is -0.479 e. The number of nitrogens with zero attached hydrogens (tertiary/aromatic N) is 2. The smallest absolute Gasteiger partial charge is 0.341 e. The molecule has 1 aromatic carbocycles. The van der Waals surface area contributed by atoms with Crippen LogP contribution in [0.1, 0.15) is 0 Å². The molecule has 0 saturated carbocycles. The number of anilines is 1. The van der Waals surface area contributed by atoms with E-state index in [1.165, 1.54) is 6.07 Å². The van der Waals surface area contributed by atoms with Gasteiger partial charge in [0.1, 0.15) is 5.82 Å². The highest BCUT2D eigenvalue weighted by Gasteiger charge is 2.20. The molecule has 1 aromatic rings. The van der Waals surface area contributed by atoms with Gasteiger partial charge in [-0.3, -0.25) is 0 Å². The van der Waals surface area contributed by atoms with Crippen LogP contribution in [0.2, 0.25) is 0 Å². The number of aliphatic carboxylic acids is 1. The van der Waals surface area contributed by atoms with Gasteiger partial charge in [0.25, 0.3) is 0 Å². The number of hydrogen-bond donors (Lipinski definition) is 1. The second kappa shape index (κ2) is 6.04. The lowest BCUT2D eigenvalue weighted by Gasteiger charge is -2.34. The molecule has 0 bridgehead atoms. The molecular formula is C13H16F2N2O3. The first-order valence-electron chi connectivity index (χ1n) is 6.24. The monoisotopic (exact) mass is 286 g/mol. The SMILES string of the molecule is CN1CCN(c2cc(OCC(=O)O)c(F)cc2F)CC1. The molecule has 0 radical (unpaired) electrons. The molecule has 2 rings (SSSR count). The van der Waals surface area contributed by atoms with E-state index in [4.69, 9.17) is 9.84 Å². The summed E-state index contributed by atoms with van der Waals surface area (Å²) in [7, 11) is 1.97. The van der Waals surface area contributed by atoms with E-state index in [1.54, 1.807) is 4.90 Å². The first-order valence-corrected chi connectivity index (χ1v) is 6.24. The molecule has 0 aromatic heterocycles. The van der Waals surface area contributed by atoms with Gasteiger partial charge in [-0.25, -0.2) is 13.6 Å². The summed E-state index contributed by atoms with van der Waals surface area (Å²) >= 11 is 0. The quantitative estimate of drug-likeness (QED) is 0.901. The number of carboxylic acid groups (broad SMARTS) is 1. The minimum atomic E-state index is -1.21. The molecule has 0 atom stereocenters. The van der Waals surface area contributed by atoms with Crippen LogP contribution < -0.4 is 9.64 Å². The van der Waals surface area contributed by atoms with Crippen LogP contribution in [0.4, 0.5) is 14.5 Å². The first kappa shape index (κ1) is 14.5. The number of benzene rings is 1. The van der Waals surface area contributed by atoms with Gasteiger partial charge < -0.3 is 19.6 Å². The Morgan fingerprint density at radius 2 is 1.90 bits per heavy atom. The van der Waals surface area contributed by atoms with Crippen molar-refractivity contribution in [2.75, 3.05) is 44.7 Å². The third-order valence-corrected chi connectivity index (χ3v) is 3.20. The molecule has 0 unspecified atom stereocenters. The van der Waals surface area contributed by atoms with Crippen molar-refractivity contribution in [3.05, 3.63) is 23.8 Å². The van der Waals surface area contributed by atoms with Gasteiger partial charge in [-0.2, -0.15) is 0 Å². The highest BCUT2D eigenvalue weighted by molar-refractivity contribution is 5.68. The molecule has 1 heterocycles. The van der Waals surface area contributed by atoms with E-state index in [1.807, 2.05) is 7.05 Å². The number of halogens is 2. The van der Waals surface area contributed by atoms with Gasteiger partial charge >= 0.3 is 5.97 Å². The summed E-state index contributed by atoms with van der Waals surface area (Å²) in [6, 6.07) is 1.95. The van der Waals surface area contributed by atoms with Crippen molar-refractivity contribution < 1.29 is 23.4 Å². The van der Waals surface area contributed by atoms with Crippen LogP contribution in [0, 0.1) is 11.6 Å². The highest BCUT2D eigenvalue weighted by atomic mass is 19.1. The van der Waals surface area contributed by atoms with Crippen LogP contribution in [0.3, 0.4) is 0 Å². The van der Waals surface area contributed by atoms with Gasteiger partial charge in [0.15, 0.2) is 18.2 Å². The molecule has 1 saturated heterocycles. The van der Waals surface area contributed by atoms with Gasteiger partial charge in [0, 0.05) is 38.3 Å². The van der Waals surface area contributed by atoms with E-state index in [0.29, 0.717) is 13.1 Å². The number of piperazine rings is 1. The number of ether oxygens (including phenoxy) is 1. The van der Waals surface area contributed by atoms with Crippen molar-refractivity contribution in [3.63, 3.8) is 0 Å². The van der Waals surface area contributed by atoms with Crippen LogP contribution in [-0.2, 0) is 4.79 Å². The van der Waals surface area contributed by atoms with Gasteiger partial charge in [-0.15, -0.1) is 0 Å². The van der Waals surface area contributed by atoms with Crippen LogP contribution in [0.5, 0.6) is 5.75 Å². The normalized spacial score (nSPS) is 16.2. The molecule has 0 amide bonds. The van der Waals surface area contributed by atoms with Crippen molar-refractivity contribution in [1.82, 2.24) is 4.90 Å². The molecule has 1 aliphatic heterocycles. The van der Waals surface area contributed by atoms with Crippen LogP contribution in [0.15, 0.2) is 12.1 Å². The molecule has 1 aliphatic rings. The molecule has 7 heteroatoms. The summed E-state index contributed by atoms with van der Waals surface area (Å²) < 4.78 is 32.2. The fourth-order valence-electron chi connectivity index (χ4n) is 2.06. The lowest BCUT2D eigenvalue weighted by atomic mass is 10.2. The Hall–Kier alpha value is -1.89. The van der Waals surface area contributed by atoms with E-state index >= 15 is 0 Å². The topological polar surface area (TPSA) is 53.0 Å². The Morgan fingerprint density at radius 3 is 2.50 bits per heavy atom. The second-order valence-electron chi connectivity index (χ2n) is 4.71. The predicted molar refractivity (Wildman–Crippen MR) is 69.2 cm³/mol. The van der Waals surface area contributed by atoms with E-state index in [0.717, 1.165) is 19.2 Å². The lowest BCUT2D eigenvalue weighted by molar-refractivity contribution is -0.139. The Bertz CT molecular complexity index is 503. The number of hydrogen-bond acceptors (Lipinski definition) is 4. The predicted octanol–water partition coefficient (Wildman–Crippen LogP) is 1.18. The van der Waals surface area contributed by atoms with Gasteiger partial charge in [-0.1, -0.05) is 0 Å². The van der Waals surface area contributed by atoms with E-state index in [2.05, 4.69) is 4.90 Å². The molecule has 20 heavy (non-hydrogen) atoms. The Morgan fingerprint density at radius 1 is 1.25 bits per heavy atom. The van der Waals surface area contributed by atoms with Gasteiger partial charge in [0.05, 0.1) is 5.69 Å². The summed E-state index contributed by atoms with van der Waals surface area (Å²) in [5.74, 6) is -3.03. The highest BCUT2D eigenvalue weighted by Crippen LogP contribution is 2.28. The number of rotatable bonds is 4. The zero-order valence-corrected chi connectivity index (χ0v) is 11.1. The average Bonchev–Trinajstić information content (AvgIpc) is 2.39. The first-order chi connectivity index (χ1) is 9.47. The van der Waals surface area contributed by atoms with Gasteiger partial charge in [0.2, 0.25) is 0 Å². The largest absolute Gasteiger partial charge is 0.479 e. The fraction of sp³-hybridized carbons (Fsp3) is 0.462. The maximum atomic E-state index is 13.8. The lowest BCUT2D eigenvalue weighted by Crippen LogP contribution is -2.44. The maximum Gasteiger partial charge on any atom is 0.341 e. The molecular weight excluding hydrogens is 270 g/mol. The third-order valence-electron chi connectivity index (χ3n) is 3.20. The summed E-state index contributed by atoms with van der Waals surface area (Å²) in [5, 5.41) is 8.53.